The van der Waals surface area contributed by atoms with Gasteiger partial charge in [-0.05, 0) is 12.1 Å². The van der Waals surface area contributed by atoms with Gasteiger partial charge in [-0.15, -0.1) is 0 Å². The molecule has 0 bridgehead atoms. The van der Waals surface area contributed by atoms with E-state index in [2.05, 4.69) is 28.1 Å². The summed E-state index contributed by atoms with van der Waals surface area (Å²) in [5, 5.41) is 1.82. The highest BCUT2D eigenvalue weighted by atomic mass is 79.9. The monoisotopic (exact) mass is 456 g/mol. The van der Waals surface area contributed by atoms with Crippen molar-refractivity contribution in [1.29, 1.82) is 0 Å². The van der Waals surface area contributed by atoms with E-state index in [-0.39, 0.29) is 5.78 Å². The van der Waals surface area contributed by atoms with Crippen LogP contribution in [0.25, 0.3) is 0 Å². The number of nitrogens with one attached hydrogen (secondary N) is 1. The molecule has 3 aromatic rings. The molecule has 0 spiro atoms. The molecule has 1 saturated heterocycles. The van der Waals surface area contributed by atoms with Crippen molar-refractivity contribution in [3.8, 4) is 0 Å². The minimum absolute atomic E-state index is 0.154. The van der Waals surface area contributed by atoms with Crippen molar-refractivity contribution in [2.75, 3.05) is 26.3 Å². The molecule has 1 atom stereocenters. The zero-order valence-electron chi connectivity index (χ0n) is 15.6. The van der Waals surface area contributed by atoms with Crippen LogP contribution in [0.5, 0.6) is 0 Å². The van der Waals surface area contributed by atoms with Gasteiger partial charge in [-0.2, -0.15) is 0 Å². The first kappa shape index (κ1) is 19.6. The predicted octanol–water partition coefficient (Wildman–Crippen LogP) is 3.38. The van der Waals surface area contributed by atoms with E-state index in [9.17, 15) is 0 Å². The summed E-state index contributed by atoms with van der Waals surface area (Å²) in [6.45, 7) is 3.09. The van der Waals surface area contributed by atoms with Crippen LogP contribution in [0.3, 0.4) is 0 Å². The van der Waals surface area contributed by atoms with Gasteiger partial charge in [-0.3, -0.25) is 0 Å². The zero-order valence-corrected chi connectivity index (χ0v) is 18.1. The van der Waals surface area contributed by atoms with Gasteiger partial charge in [0, 0.05) is 20.6 Å². The van der Waals surface area contributed by atoms with Crippen molar-refractivity contribution in [1.82, 2.24) is 0 Å². The van der Waals surface area contributed by atoms with E-state index < -0.39 is 7.14 Å². The van der Waals surface area contributed by atoms with Gasteiger partial charge >= 0.3 is 0 Å². The predicted molar refractivity (Wildman–Crippen MR) is 118 cm³/mol. The van der Waals surface area contributed by atoms with Crippen LogP contribution in [0.15, 0.2) is 89.4 Å². The topological polar surface area (TPSA) is 30.7 Å². The van der Waals surface area contributed by atoms with Gasteiger partial charge in [0.2, 0.25) is 7.14 Å². The Bertz CT molecular complexity index is 915. The SMILES string of the molecule is O=P(c1ccccc1)(c1ccccc1)C(c1cccc(Br)c1)[NH+]1CCOCC1. The maximum atomic E-state index is 15.1. The Morgan fingerprint density at radius 2 is 1.39 bits per heavy atom. The maximum Gasteiger partial charge on any atom is 0.202 e. The molecule has 0 aromatic heterocycles. The quantitative estimate of drug-likeness (QED) is 0.596. The molecule has 1 fully saturated rings. The number of morpholine rings is 1. The van der Waals surface area contributed by atoms with Crippen molar-refractivity contribution in [2.24, 2.45) is 0 Å². The molecule has 3 nitrogen and oxygen atoms in total. The summed E-state index contributed by atoms with van der Waals surface area (Å²) in [4.78, 5) is 1.32. The number of halogens is 1. The average Bonchev–Trinajstić information content (AvgIpc) is 2.76. The fraction of sp³-hybridized carbons (Fsp3) is 0.217. The number of ether oxygens (including phenoxy) is 1. The Kier molecular flexibility index (Phi) is 6.13. The summed E-state index contributed by atoms with van der Waals surface area (Å²) < 4.78 is 21.7. The molecule has 0 radical (unpaired) electrons. The van der Waals surface area contributed by atoms with Gasteiger partial charge in [0.25, 0.3) is 0 Å². The molecule has 3 aromatic carbocycles. The second-order valence-electron chi connectivity index (χ2n) is 7.06. The number of hydrogen-bond acceptors (Lipinski definition) is 2. The Morgan fingerprint density at radius 3 is 1.93 bits per heavy atom. The van der Waals surface area contributed by atoms with Crippen molar-refractivity contribution >= 4 is 33.7 Å². The highest BCUT2D eigenvalue weighted by Crippen LogP contribution is 2.54. The van der Waals surface area contributed by atoms with Crippen LogP contribution in [0, 0.1) is 0 Å². The van der Waals surface area contributed by atoms with Gasteiger partial charge in [0.15, 0.2) is 5.78 Å². The Balaban J connectivity index is 1.95. The molecule has 0 amide bonds. The number of quaternary nitrogens is 1. The van der Waals surface area contributed by atoms with Crippen LogP contribution in [0.2, 0.25) is 0 Å². The molecule has 0 saturated carbocycles. The van der Waals surface area contributed by atoms with Crippen LogP contribution < -0.4 is 15.5 Å². The number of hydrogen-bond donors (Lipinski definition) is 1. The number of benzene rings is 3. The second kappa shape index (κ2) is 8.75. The maximum absolute atomic E-state index is 15.1. The molecule has 5 heteroatoms. The molecular weight excluding hydrogens is 433 g/mol. The summed E-state index contributed by atoms with van der Waals surface area (Å²) in [7, 11) is -2.96. The highest BCUT2D eigenvalue weighted by molar-refractivity contribution is 9.10. The van der Waals surface area contributed by atoms with Crippen molar-refractivity contribution in [2.45, 2.75) is 5.78 Å². The lowest BCUT2D eigenvalue weighted by Crippen LogP contribution is -3.14. The van der Waals surface area contributed by atoms with Crippen molar-refractivity contribution in [3.05, 3.63) is 95.0 Å². The van der Waals surface area contributed by atoms with Gasteiger partial charge < -0.3 is 14.2 Å². The fourth-order valence-corrected chi connectivity index (χ4v) is 7.93. The van der Waals surface area contributed by atoms with Crippen LogP contribution in [-0.2, 0) is 9.30 Å². The van der Waals surface area contributed by atoms with E-state index in [1.54, 1.807) is 0 Å². The highest BCUT2D eigenvalue weighted by Gasteiger charge is 2.45. The average molecular weight is 457 g/mol. The third-order valence-electron chi connectivity index (χ3n) is 5.33. The first-order chi connectivity index (χ1) is 13.7. The fourth-order valence-electron chi connectivity index (χ4n) is 4.03. The van der Waals surface area contributed by atoms with E-state index in [0.29, 0.717) is 13.2 Å². The van der Waals surface area contributed by atoms with Crippen LogP contribution in [0.4, 0.5) is 0 Å². The normalized spacial score (nSPS) is 16.6. The van der Waals surface area contributed by atoms with E-state index in [4.69, 9.17) is 4.74 Å². The Morgan fingerprint density at radius 1 is 0.821 bits per heavy atom. The summed E-state index contributed by atoms with van der Waals surface area (Å²) in [6, 6.07) is 28.2. The number of rotatable bonds is 5. The van der Waals surface area contributed by atoms with Crippen molar-refractivity contribution in [3.63, 3.8) is 0 Å². The lowest BCUT2D eigenvalue weighted by atomic mass is 10.2. The molecule has 1 aliphatic heterocycles. The molecule has 4 rings (SSSR count). The largest absolute Gasteiger partial charge is 0.370 e. The minimum atomic E-state index is -2.96. The van der Waals surface area contributed by atoms with Gasteiger partial charge in [-0.1, -0.05) is 88.7 Å². The summed E-state index contributed by atoms with van der Waals surface area (Å²) in [5.74, 6) is -0.154. The molecule has 1 heterocycles. The Hall–Kier alpha value is -1.71. The van der Waals surface area contributed by atoms with E-state index in [1.807, 2.05) is 72.8 Å². The first-order valence-electron chi connectivity index (χ1n) is 9.58. The third-order valence-corrected chi connectivity index (χ3v) is 9.34. The van der Waals surface area contributed by atoms with Gasteiger partial charge in [-0.25, -0.2) is 0 Å². The van der Waals surface area contributed by atoms with Crippen molar-refractivity contribution < 1.29 is 14.2 Å². The van der Waals surface area contributed by atoms with E-state index in [1.165, 1.54) is 4.90 Å². The molecule has 1 aliphatic rings. The smallest absolute Gasteiger partial charge is 0.202 e. The minimum Gasteiger partial charge on any atom is -0.370 e. The molecule has 0 aliphatic carbocycles. The third kappa shape index (κ3) is 3.88. The molecular formula is C23H24BrNO2P+. The van der Waals surface area contributed by atoms with E-state index >= 15 is 4.57 Å². The summed E-state index contributed by atoms with van der Waals surface area (Å²) >= 11 is 3.61. The second-order valence-corrected chi connectivity index (χ2v) is 10.8. The van der Waals surface area contributed by atoms with Gasteiger partial charge in [0.1, 0.15) is 13.1 Å². The molecule has 28 heavy (non-hydrogen) atoms. The molecule has 1 unspecified atom stereocenters. The van der Waals surface area contributed by atoms with Crippen LogP contribution in [-0.4, -0.2) is 26.3 Å². The van der Waals surface area contributed by atoms with E-state index in [0.717, 1.165) is 33.7 Å². The summed E-state index contributed by atoms with van der Waals surface area (Å²) in [5.41, 5.74) is 1.10. The standard InChI is InChI=1S/C23H23BrNO2P/c24-20-9-7-8-19(18-20)23(25-14-16-27-17-15-25)28(26,21-10-3-1-4-11-21)22-12-5-2-6-13-22/h1-13,18,23H,14-17H2/p+1. The molecule has 1 N–H and O–H groups in total. The Labute approximate surface area is 174 Å². The lowest BCUT2D eigenvalue weighted by Gasteiger charge is -2.37. The lowest BCUT2D eigenvalue weighted by molar-refractivity contribution is -0.925. The molecule has 144 valence electrons. The van der Waals surface area contributed by atoms with Crippen LogP contribution >= 0.6 is 23.1 Å². The summed E-state index contributed by atoms with van der Waals surface area (Å²) in [6.07, 6.45) is 0. The van der Waals surface area contributed by atoms with Crippen LogP contribution in [0.1, 0.15) is 11.3 Å². The first-order valence-corrected chi connectivity index (χ1v) is 12.2. The zero-order chi connectivity index (χ0) is 19.4. The van der Waals surface area contributed by atoms with Gasteiger partial charge in [0.05, 0.1) is 13.2 Å².